The van der Waals surface area contributed by atoms with E-state index in [0.29, 0.717) is 22.6 Å². The van der Waals surface area contributed by atoms with Crippen LogP contribution in [0, 0.1) is 17.5 Å². The molecule has 3 rings (SSSR count). The van der Waals surface area contributed by atoms with E-state index in [9.17, 15) is 13.2 Å². The molecule has 0 radical (unpaired) electrons. The molecule has 0 fully saturated rings. The molecule has 8 heteroatoms. The first-order valence-corrected chi connectivity index (χ1v) is 7.72. The maximum Gasteiger partial charge on any atom is 0.195 e. The van der Waals surface area contributed by atoms with Crippen LogP contribution in [-0.4, -0.2) is 24.4 Å². The van der Waals surface area contributed by atoms with Gasteiger partial charge in [-0.15, -0.1) is 5.10 Å². The van der Waals surface area contributed by atoms with Gasteiger partial charge in [-0.3, -0.25) is 0 Å². The summed E-state index contributed by atoms with van der Waals surface area (Å²) in [6, 6.07) is 6.86. The summed E-state index contributed by atoms with van der Waals surface area (Å²) in [6.45, 7) is 0. The predicted octanol–water partition coefficient (Wildman–Crippen LogP) is 4.90. The van der Waals surface area contributed by atoms with Crippen molar-refractivity contribution in [2.75, 3.05) is 14.2 Å². The van der Waals surface area contributed by atoms with Gasteiger partial charge in [0.05, 0.1) is 20.4 Å². The van der Waals surface area contributed by atoms with E-state index in [1.54, 1.807) is 18.2 Å². The largest absolute Gasteiger partial charge is 0.497 e. The molecule has 1 heterocycles. The monoisotopic (exact) mass is 380 g/mol. The van der Waals surface area contributed by atoms with Crippen LogP contribution in [0.1, 0.15) is 0 Å². The van der Waals surface area contributed by atoms with E-state index in [0.717, 1.165) is 12.1 Å². The van der Waals surface area contributed by atoms with Gasteiger partial charge >= 0.3 is 0 Å². The van der Waals surface area contributed by atoms with E-state index in [2.05, 4.69) is 10.2 Å². The number of halogens is 4. The highest BCUT2D eigenvalue weighted by Gasteiger charge is 2.21. The van der Waals surface area contributed by atoms with Crippen molar-refractivity contribution in [3.05, 3.63) is 59.1 Å². The lowest BCUT2D eigenvalue weighted by Crippen LogP contribution is -1.99. The van der Waals surface area contributed by atoms with Gasteiger partial charge in [-0.25, -0.2) is 13.2 Å². The number of methoxy groups -OCH3 is 2. The normalized spacial score (nSPS) is 10.7. The van der Waals surface area contributed by atoms with E-state index in [-0.39, 0.29) is 16.3 Å². The first kappa shape index (κ1) is 18.0. The zero-order valence-corrected chi connectivity index (χ0v) is 14.4. The van der Waals surface area contributed by atoms with Crippen LogP contribution < -0.4 is 9.47 Å². The zero-order valence-electron chi connectivity index (χ0n) is 13.7. The maximum absolute atomic E-state index is 14.3. The zero-order chi connectivity index (χ0) is 18.8. The Morgan fingerprint density at radius 3 is 2.15 bits per heavy atom. The third-order valence-electron chi connectivity index (χ3n) is 3.77. The van der Waals surface area contributed by atoms with Crippen LogP contribution in [0.3, 0.4) is 0 Å². The molecule has 0 aliphatic rings. The number of aromatic nitrogens is 2. The summed E-state index contributed by atoms with van der Waals surface area (Å²) >= 11 is 6.11. The first-order valence-electron chi connectivity index (χ1n) is 7.34. The Hall–Kier alpha value is -2.80. The SMILES string of the molecule is COc1cc(OC)cc(-c2cnnc(Cl)c2-c2ccc(F)c(F)c2F)c1. The third-order valence-corrected chi connectivity index (χ3v) is 4.04. The van der Waals surface area contributed by atoms with Crippen molar-refractivity contribution in [1.82, 2.24) is 10.2 Å². The second kappa shape index (κ2) is 7.21. The van der Waals surface area contributed by atoms with Gasteiger partial charge in [-0.1, -0.05) is 11.6 Å². The second-order valence-corrected chi connectivity index (χ2v) is 5.61. The summed E-state index contributed by atoms with van der Waals surface area (Å²) in [5, 5.41) is 7.31. The van der Waals surface area contributed by atoms with E-state index in [4.69, 9.17) is 21.1 Å². The predicted molar refractivity (Wildman–Crippen MR) is 90.9 cm³/mol. The molecule has 4 nitrogen and oxygen atoms in total. The van der Waals surface area contributed by atoms with Gasteiger partial charge in [0.25, 0.3) is 0 Å². The molecule has 0 N–H and O–H groups in total. The van der Waals surface area contributed by atoms with Crippen molar-refractivity contribution in [1.29, 1.82) is 0 Å². The Kier molecular flexibility index (Phi) is 4.99. The van der Waals surface area contributed by atoms with Gasteiger partial charge in [-0.2, -0.15) is 5.10 Å². The lowest BCUT2D eigenvalue weighted by atomic mass is 9.96. The minimum atomic E-state index is -1.59. The van der Waals surface area contributed by atoms with Crippen LogP contribution in [0.2, 0.25) is 5.15 Å². The molecule has 26 heavy (non-hydrogen) atoms. The molecule has 3 aromatic rings. The van der Waals surface area contributed by atoms with Crippen molar-refractivity contribution < 1.29 is 22.6 Å². The Balaban J connectivity index is 2.30. The van der Waals surface area contributed by atoms with E-state index in [1.807, 2.05) is 0 Å². The smallest absolute Gasteiger partial charge is 0.195 e. The molecule has 0 aliphatic carbocycles. The minimum absolute atomic E-state index is 0.0772. The summed E-state index contributed by atoms with van der Waals surface area (Å²) in [4.78, 5) is 0. The molecular weight excluding hydrogens is 369 g/mol. The molecule has 0 spiro atoms. The number of ether oxygens (including phenoxy) is 2. The van der Waals surface area contributed by atoms with Gasteiger partial charge in [0.15, 0.2) is 22.6 Å². The van der Waals surface area contributed by atoms with E-state index >= 15 is 0 Å². The van der Waals surface area contributed by atoms with Crippen LogP contribution in [0.5, 0.6) is 11.5 Å². The minimum Gasteiger partial charge on any atom is -0.497 e. The van der Waals surface area contributed by atoms with Gasteiger partial charge in [-0.05, 0) is 29.8 Å². The molecule has 0 saturated carbocycles. The number of nitrogens with zero attached hydrogens (tertiary/aromatic N) is 2. The summed E-state index contributed by atoms with van der Waals surface area (Å²) in [5.41, 5.74) is 0.721. The van der Waals surface area contributed by atoms with E-state index < -0.39 is 17.5 Å². The number of hydrogen-bond donors (Lipinski definition) is 0. The average Bonchev–Trinajstić information content (AvgIpc) is 2.66. The molecule has 0 amide bonds. The maximum atomic E-state index is 14.3. The van der Waals surface area contributed by atoms with Crippen molar-refractivity contribution in [3.63, 3.8) is 0 Å². The molecular formula is C18H12ClF3N2O2. The molecule has 0 bridgehead atoms. The highest BCUT2D eigenvalue weighted by atomic mass is 35.5. The summed E-state index contributed by atoms with van der Waals surface area (Å²) < 4.78 is 51.8. The van der Waals surface area contributed by atoms with Gasteiger partial charge in [0.1, 0.15) is 11.5 Å². The quantitative estimate of drug-likeness (QED) is 0.604. The number of benzene rings is 2. The average molecular weight is 381 g/mol. The lowest BCUT2D eigenvalue weighted by molar-refractivity contribution is 0.394. The Bertz CT molecular complexity index is 961. The standard InChI is InChI=1S/C18H12ClF3N2O2/c1-25-10-5-9(6-11(7-10)26-2)13-8-23-24-18(19)15(13)12-3-4-14(20)17(22)16(12)21/h3-8H,1-2H3. The highest BCUT2D eigenvalue weighted by molar-refractivity contribution is 6.32. The first-order chi connectivity index (χ1) is 12.5. The summed E-state index contributed by atoms with van der Waals surface area (Å²) in [6.07, 6.45) is 1.34. The van der Waals surface area contributed by atoms with Gasteiger partial charge in [0, 0.05) is 22.8 Å². The topological polar surface area (TPSA) is 44.2 Å². The summed E-state index contributed by atoms with van der Waals surface area (Å²) in [7, 11) is 2.96. The van der Waals surface area contributed by atoms with Crippen LogP contribution >= 0.6 is 11.6 Å². The Labute approximate surface area is 152 Å². The van der Waals surface area contributed by atoms with Crippen LogP contribution in [0.15, 0.2) is 36.5 Å². The van der Waals surface area contributed by atoms with Crippen LogP contribution in [0.25, 0.3) is 22.3 Å². The van der Waals surface area contributed by atoms with Gasteiger partial charge in [0.2, 0.25) is 0 Å². The number of hydrogen-bond acceptors (Lipinski definition) is 4. The van der Waals surface area contributed by atoms with E-state index in [1.165, 1.54) is 20.4 Å². The Morgan fingerprint density at radius 2 is 1.54 bits per heavy atom. The molecule has 0 aliphatic heterocycles. The molecule has 0 atom stereocenters. The van der Waals surface area contributed by atoms with Crippen molar-refractivity contribution in [2.24, 2.45) is 0 Å². The second-order valence-electron chi connectivity index (χ2n) is 5.25. The van der Waals surface area contributed by atoms with Crippen LogP contribution in [0.4, 0.5) is 13.2 Å². The van der Waals surface area contributed by atoms with Crippen molar-refractivity contribution in [3.8, 4) is 33.8 Å². The fourth-order valence-electron chi connectivity index (χ4n) is 2.52. The summed E-state index contributed by atoms with van der Waals surface area (Å²) in [5.74, 6) is -3.30. The molecule has 0 unspecified atom stereocenters. The molecule has 134 valence electrons. The van der Waals surface area contributed by atoms with Gasteiger partial charge < -0.3 is 9.47 Å². The fraction of sp³-hybridized carbons (Fsp3) is 0.111. The molecule has 2 aromatic carbocycles. The molecule has 1 aromatic heterocycles. The number of rotatable bonds is 4. The van der Waals surface area contributed by atoms with Crippen molar-refractivity contribution >= 4 is 11.6 Å². The molecule has 0 saturated heterocycles. The third kappa shape index (κ3) is 3.17. The highest BCUT2D eigenvalue weighted by Crippen LogP contribution is 2.40. The fourth-order valence-corrected chi connectivity index (χ4v) is 2.77. The Morgan fingerprint density at radius 1 is 0.885 bits per heavy atom. The lowest BCUT2D eigenvalue weighted by Gasteiger charge is -2.14. The van der Waals surface area contributed by atoms with Crippen LogP contribution in [-0.2, 0) is 0 Å². The van der Waals surface area contributed by atoms with Crippen molar-refractivity contribution in [2.45, 2.75) is 0 Å².